The van der Waals surface area contributed by atoms with E-state index in [2.05, 4.69) is 26.8 Å². The zero-order valence-corrected chi connectivity index (χ0v) is 14.4. The Morgan fingerprint density at radius 2 is 1.71 bits per heavy atom. The summed E-state index contributed by atoms with van der Waals surface area (Å²) in [5, 5.41) is 0. The van der Waals surface area contributed by atoms with E-state index in [1.165, 1.54) is 0 Å². The quantitative estimate of drug-likeness (QED) is 0.619. The van der Waals surface area contributed by atoms with Gasteiger partial charge in [0.1, 0.15) is 0 Å². The fourth-order valence-electron chi connectivity index (χ4n) is 1.82. The van der Waals surface area contributed by atoms with Crippen LogP contribution >= 0.6 is 15.9 Å². The van der Waals surface area contributed by atoms with Crippen molar-refractivity contribution in [3.8, 4) is 0 Å². The van der Waals surface area contributed by atoms with Gasteiger partial charge in [0.25, 0.3) is 11.8 Å². The van der Waals surface area contributed by atoms with Gasteiger partial charge in [0.05, 0.1) is 5.56 Å². The number of nitrogens with one attached hydrogen (secondary N) is 2. The number of ether oxygens (including phenoxy) is 1. The molecule has 0 bridgehead atoms. The van der Waals surface area contributed by atoms with E-state index >= 15 is 0 Å². The molecule has 124 valence electrons. The summed E-state index contributed by atoms with van der Waals surface area (Å²) in [4.78, 5) is 35.2. The summed E-state index contributed by atoms with van der Waals surface area (Å²) in [6.07, 6.45) is 0. The molecule has 7 heteroatoms. The van der Waals surface area contributed by atoms with E-state index in [-0.39, 0.29) is 0 Å². The van der Waals surface area contributed by atoms with Crippen LogP contribution < -0.4 is 10.9 Å². The third-order valence-corrected chi connectivity index (χ3v) is 3.54. The number of amides is 2. The first-order valence-electron chi connectivity index (χ1n) is 7.04. The minimum atomic E-state index is -0.638. The Bertz CT molecular complexity index is 759. The molecule has 6 nitrogen and oxygen atoms in total. The molecule has 24 heavy (non-hydrogen) atoms. The average Bonchev–Trinajstić information content (AvgIpc) is 2.58. The Labute approximate surface area is 147 Å². The Morgan fingerprint density at radius 3 is 2.38 bits per heavy atom. The van der Waals surface area contributed by atoms with Crippen LogP contribution in [0.1, 0.15) is 26.3 Å². The molecule has 0 saturated carbocycles. The highest BCUT2D eigenvalue weighted by molar-refractivity contribution is 9.10. The number of esters is 1. The molecular formula is C17H15BrN2O4. The Kier molecular flexibility index (Phi) is 6.08. The number of hydrogen-bond acceptors (Lipinski definition) is 4. The van der Waals surface area contributed by atoms with Crippen LogP contribution in [0.2, 0.25) is 0 Å². The summed E-state index contributed by atoms with van der Waals surface area (Å²) in [5.41, 5.74) is 6.09. The standard InChI is InChI=1S/C17H15BrN2O4/c1-11-3-2-4-13(9-11)17(23)24-10-15(21)19-20-16(22)12-5-7-14(18)8-6-12/h2-9H,10H2,1H3,(H,19,21)(H,20,22). The van der Waals surface area contributed by atoms with Gasteiger partial charge in [-0.3, -0.25) is 20.4 Å². The average molecular weight is 391 g/mol. The van der Waals surface area contributed by atoms with Crippen molar-refractivity contribution >= 4 is 33.7 Å². The van der Waals surface area contributed by atoms with Gasteiger partial charge in [-0.25, -0.2) is 4.79 Å². The second-order valence-corrected chi connectivity index (χ2v) is 5.87. The van der Waals surface area contributed by atoms with Crippen molar-refractivity contribution in [2.24, 2.45) is 0 Å². The lowest BCUT2D eigenvalue weighted by Gasteiger charge is -2.08. The molecule has 0 saturated heterocycles. The molecule has 2 rings (SSSR count). The highest BCUT2D eigenvalue weighted by Crippen LogP contribution is 2.10. The van der Waals surface area contributed by atoms with Crippen molar-refractivity contribution in [2.75, 3.05) is 6.61 Å². The molecule has 2 N–H and O–H groups in total. The highest BCUT2D eigenvalue weighted by atomic mass is 79.9. The van der Waals surface area contributed by atoms with Gasteiger partial charge in [-0.15, -0.1) is 0 Å². The fraction of sp³-hybridized carbons (Fsp3) is 0.118. The summed E-state index contributed by atoms with van der Waals surface area (Å²) in [5.74, 6) is -1.71. The Hall–Kier alpha value is -2.67. The van der Waals surface area contributed by atoms with Crippen molar-refractivity contribution in [1.82, 2.24) is 10.9 Å². The highest BCUT2D eigenvalue weighted by Gasteiger charge is 2.11. The van der Waals surface area contributed by atoms with Gasteiger partial charge < -0.3 is 4.74 Å². The predicted molar refractivity (Wildman–Crippen MR) is 91.2 cm³/mol. The van der Waals surface area contributed by atoms with Crippen molar-refractivity contribution in [3.63, 3.8) is 0 Å². The van der Waals surface area contributed by atoms with Crippen molar-refractivity contribution < 1.29 is 19.1 Å². The summed E-state index contributed by atoms with van der Waals surface area (Å²) in [6.45, 7) is 1.36. The van der Waals surface area contributed by atoms with E-state index in [1.807, 2.05) is 13.0 Å². The lowest BCUT2D eigenvalue weighted by molar-refractivity contribution is -0.125. The zero-order valence-electron chi connectivity index (χ0n) is 12.8. The van der Waals surface area contributed by atoms with E-state index in [9.17, 15) is 14.4 Å². The van der Waals surface area contributed by atoms with Crippen LogP contribution in [-0.4, -0.2) is 24.4 Å². The monoisotopic (exact) mass is 390 g/mol. The molecule has 0 fully saturated rings. The number of rotatable bonds is 4. The number of carbonyl (C=O) groups excluding carboxylic acids is 3. The van der Waals surface area contributed by atoms with Gasteiger partial charge in [-0.1, -0.05) is 33.6 Å². The lowest BCUT2D eigenvalue weighted by atomic mass is 10.1. The van der Waals surface area contributed by atoms with Crippen LogP contribution in [0, 0.1) is 6.92 Å². The Morgan fingerprint density at radius 1 is 1.00 bits per heavy atom. The summed E-state index contributed by atoms with van der Waals surface area (Å²) >= 11 is 3.26. The number of halogens is 1. The molecule has 0 aliphatic carbocycles. The number of aryl methyl sites for hydroxylation is 1. The van der Waals surface area contributed by atoms with Gasteiger partial charge in [0, 0.05) is 10.0 Å². The Balaban J connectivity index is 1.78. The summed E-state index contributed by atoms with van der Waals surface area (Å²) in [6, 6.07) is 13.5. The van der Waals surface area contributed by atoms with E-state index in [1.54, 1.807) is 42.5 Å². The molecule has 0 aliphatic rings. The first kappa shape index (κ1) is 17.7. The fourth-order valence-corrected chi connectivity index (χ4v) is 2.09. The first-order chi connectivity index (χ1) is 11.5. The largest absolute Gasteiger partial charge is 0.452 e. The normalized spacial score (nSPS) is 9.92. The lowest BCUT2D eigenvalue weighted by Crippen LogP contribution is -2.43. The minimum Gasteiger partial charge on any atom is -0.452 e. The number of hydrogen-bond donors (Lipinski definition) is 2. The minimum absolute atomic E-state index is 0.363. The third-order valence-electron chi connectivity index (χ3n) is 3.01. The van der Waals surface area contributed by atoms with Gasteiger partial charge in [-0.2, -0.15) is 0 Å². The molecule has 0 atom stereocenters. The van der Waals surface area contributed by atoms with Gasteiger partial charge in [0.15, 0.2) is 6.61 Å². The maximum absolute atomic E-state index is 11.8. The number of hydrazine groups is 1. The molecule has 2 aromatic rings. The van der Waals surface area contributed by atoms with Gasteiger partial charge in [0.2, 0.25) is 0 Å². The molecule has 0 spiro atoms. The van der Waals surface area contributed by atoms with Gasteiger partial charge in [-0.05, 0) is 43.3 Å². The smallest absolute Gasteiger partial charge is 0.338 e. The van der Waals surface area contributed by atoms with Crippen LogP contribution in [0.15, 0.2) is 53.0 Å². The van der Waals surface area contributed by atoms with Crippen LogP contribution in [-0.2, 0) is 9.53 Å². The molecule has 0 aliphatic heterocycles. The van der Waals surface area contributed by atoms with Crippen molar-refractivity contribution in [3.05, 3.63) is 69.7 Å². The maximum atomic E-state index is 11.8. The van der Waals surface area contributed by atoms with Crippen LogP contribution in [0.25, 0.3) is 0 Å². The van der Waals surface area contributed by atoms with Crippen LogP contribution in [0.4, 0.5) is 0 Å². The van der Waals surface area contributed by atoms with Crippen LogP contribution in [0.5, 0.6) is 0 Å². The molecule has 0 unspecified atom stereocenters. The molecule has 2 aromatic carbocycles. The number of benzene rings is 2. The molecule has 0 aromatic heterocycles. The van der Waals surface area contributed by atoms with E-state index in [4.69, 9.17) is 4.74 Å². The molecule has 0 heterocycles. The van der Waals surface area contributed by atoms with E-state index < -0.39 is 24.4 Å². The second kappa shape index (κ2) is 8.26. The van der Waals surface area contributed by atoms with Crippen molar-refractivity contribution in [2.45, 2.75) is 6.92 Å². The van der Waals surface area contributed by atoms with Crippen LogP contribution in [0.3, 0.4) is 0 Å². The topological polar surface area (TPSA) is 84.5 Å². The molecule has 0 radical (unpaired) electrons. The van der Waals surface area contributed by atoms with Crippen molar-refractivity contribution in [1.29, 1.82) is 0 Å². The summed E-state index contributed by atoms with van der Waals surface area (Å²) in [7, 11) is 0. The SMILES string of the molecule is Cc1cccc(C(=O)OCC(=O)NNC(=O)c2ccc(Br)cc2)c1. The first-order valence-corrected chi connectivity index (χ1v) is 7.83. The third kappa shape index (κ3) is 5.20. The summed E-state index contributed by atoms with van der Waals surface area (Å²) < 4.78 is 5.73. The van der Waals surface area contributed by atoms with Gasteiger partial charge >= 0.3 is 5.97 Å². The molecule has 2 amide bonds. The maximum Gasteiger partial charge on any atom is 0.338 e. The van der Waals surface area contributed by atoms with E-state index in [0.29, 0.717) is 11.1 Å². The van der Waals surface area contributed by atoms with E-state index in [0.717, 1.165) is 10.0 Å². The molecular weight excluding hydrogens is 376 g/mol. The predicted octanol–water partition coefficient (Wildman–Crippen LogP) is 2.38. The second-order valence-electron chi connectivity index (χ2n) is 4.95. The number of carbonyl (C=O) groups is 3. The zero-order chi connectivity index (χ0) is 17.5.